The molecule has 158 valence electrons. The van der Waals surface area contributed by atoms with Gasteiger partial charge < -0.3 is 0 Å². The molecule has 5 nitrogen and oxygen atoms in total. The van der Waals surface area contributed by atoms with Crippen molar-refractivity contribution in [3.8, 4) is 0 Å². The Morgan fingerprint density at radius 1 is 1.03 bits per heavy atom. The summed E-state index contributed by atoms with van der Waals surface area (Å²) in [5.74, 6) is 0.000149. The number of nitrogens with zero attached hydrogens (tertiary/aromatic N) is 2. The number of amidine groups is 1. The summed E-state index contributed by atoms with van der Waals surface area (Å²) in [4.78, 5) is 25.0. The lowest BCUT2D eigenvalue weighted by molar-refractivity contribution is -0.522. The summed E-state index contributed by atoms with van der Waals surface area (Å²) in [6.07, 6.45) is 12.3. The Balaban J connectivity index is 1.95. The third-order valence-electron chi connectivity index (χ3n) is 6.13. The standard InChI is InChI=1S/C24H35N3O2/c1-3-19(2)26-29-24(25-21-15-9-5-10-16-21)27(22-17-11-6-12-18-22)23(28)20-13-7-4-8-14-20/h4,7-8,13-14,21-22H,3,5-6,9-12,15-18H2,1-2H3/p+1. The minimum atomic E-state index is 0.000149. The third kappa shape index (κ3) is 6.15. The van der Waals surface area contributed by atoms with Crippen LogP contribution in [0.3, 0.4) is 0 Å². The molecule has 0 saturated heterocycles. The molecule has 0 aromatic heterocycles. The molecule has 2 aliphatic rings. The van der Waals surface area contributed by atoms with E-state index in [4.69, 9.17) is 4.84 Å². The molecule has 2 saturated carbocycles. The summed E-state index contributed by atoms with van der Waals surface area (Å²) < 4.78 is 0. The van der Waals surface area contributed by atoms with Gasteiger partial charge in [-0.05, 0) is 76.8 Å². The van der Waals surface area contributed by atoms with Crippen molar-refractivity contribution >= 4 is 17.6 Å². The van der Waals surface area contributed by atoms with E-state index >= 15 is 0 Å². The fourth-order valence-corrected chi connectivity index (χ4v) is 4.23. The molecule has 29 heavy (non-hydrogen) atoms. The van der Waals surface area contributed by atoms with Gasteiger partial charge in [0.05, 0.1) is 17.3 Å². The Labute approximate surface area is 175 Å². The molecule has 1 aromatic carbocycles. The number of rotatable bonds is 5. The van der Waals surface area contributed by atoms with Crippen molar-refractivity contribution in [1.82, 2.24) is 4.90 Å². The molecule has 1 N–H and O–H groups in total. The van der Waals surface area contributed by atoms with Crippen molar-refractivity contribution in [3.63, 3.8) is 0 Å². The summed E-state index contributed by atoms with van der Waals surface area (Å²) in [5, 5.41) is 4.32. The second kappa shape index (κ2) is 11.1. The number of carbonyl (C=O) groups is 1. The van der Waals surface area contributed by atoms with E-state index < -0.39 is 0 Å². The van der Waals surface area contributed by atoms with Crippen molar-refractivity contribution in [2.45, 2.75) is 96.6 Å². The third-order valence-corrected chi connectivity index (χ3v) is 6.13. The van der Waals surface area contributed by atoms with Crippen LogP contribution in [0.2, 0.25) is 0 Å². The molecule has 0 atom stereocenters. The normalized spacial score (nSPS) is 19.8. The van der Waals surface area contributed by atoms with Gasteiger partial charge >= 0.3 is 11.9 Å². The molecule has 2 aliphatic carbocycles. The second-order valence-electron chi connectivity index (χ2n) is 8.39. The first kappa shape index (κ1) is 21.5. The highest BCUT2D eigenvalue weighted by Gasteiger charge is 2.39. The Morgan fingerprint density at radius 2 is 1.66 bits per heavy atom. The smallest absolute Gasteiger partial charge is 0.279 e. The van der Waals surface area contributed by atoms with Gasteiger partial charge in [-0.2, -0.15) is 4.90 Å². The summed E-state index contributed by atoms with van der Waals surface area (Å²) in [5.41, 5.74) is 1.62. The van der Waals surface area contributed by atoms with Crippen LogP contribution in [-0.2, 0) is 4.84 Å². The Bertz CT molecular complexity index is 702. The quantitative estimate of drug-likeness (QED) is 0.462. The predicted octanol–water partition coefficient (Wildman–Crippen LogP) is 4.03. The topological polar surface area (TPSA) is 55.9 Å². The lowest BCUT2D eigenvalue weighted by atomic mass is 9.93. The van der Waals surface area contributed by atoms with Gasteiger partial charge in [0.1, 0.15) is 6.04 Å². The number of benzene rings is 1. The summed E-state index contributed by atoms with van der Waals surface area (Å²) >= 11 is 0. The maximum atomic E-state index is 13.6. The molecule has 0 spiro atoms. The largest absolute Gasteiger partial charge is 0.479 e. The molecule has 0 aliphatic heterocycles. The fourth-order valence-electron chi connectivity index (χ4n) is 4.23. The minimum Gasteiger partial charge on any atom is -0.279 e. The number of carbonyl (C=O) groups excluding carboxylic acids is 1. The minimum absolute atomic E-state index is 0.000149. The van der Waals surface area contributed by atoms with Gasteiger partial charge in [0.2, 0.25) is 0 Å². The van der Waals surface area contributed by atoms with E-state index in [-0.39, 0.29) is 11.9 Å². The van der Waals surface area contributed by atoms with Crippen molar-refractivity contribution in [2.75, 3.05) is 0 Å². The highest BCUT2D eigenvalue weighted by molar-refractivity contribution is 6.03. The van der Waals surface area contributed by atoms with Crippen LogP contribution in [-0.4, -0.2) is 34.6 Å². The van der Waals surface area contributed by atoms with Crippen molar-refractivity contribution < 1.29 is 14.6 Å². The first-order valence-electron chi connectivity index (χ1n) is 11.4. The van der Waals surface area contributed by atoms with E-state index in [0.717, 1.165) is 50.7 Å². The zero-order valence-electron chi connectivity index (χ0n) is 18.0. The van der Waals surface area contributed by atoms with Gasteiger partial charge in [-0.3, -0.25) is 4.84 Å². The van der Waals surface area contributed by atoms with E-state index in [2.05, 4.69) is 17.1 Å². The number of hydrogen-bond donors (Lipinski definition) is 1. The van der Waals surface area contributed by atoms with Crippen LogP contribution in [0.15, 0.2) is 35.5 Å². The lowest BCUT2D eigenvalue weighted by Gasteiger charge is -2.28. The average molecular weight is 399 g/mol. The molecular formula is C24H36N3O2+. The van der Waals surface area contributed by atoms with Crippen molar-refractivity contribution in [2.24, 2.45) is 5.16 Å². The summed E-state index contributed by atoms with van der Waals surface area (Å²) in [7, 11) is 0. The molecule has 5 heteroatoms. The maximum Gasteiger partial charge on any atom is 0.479 e. The van der Waals surface area contributed by atoms with Gasteiger partial charge in [-0.1, -0.05) is 43.1 Å². The molecule has 0 heterocycles. The van der Waals surface area contributed by atoms with Crippen molar-refractivity contribution in [1.29, 1.82) is 0 Å². The molecule has 3 rings (SSSR count). The second-order valence-corrected chi connectivity index (χ2v) is 8.39. The van der Waals surface area contributed by atoms with Crippen LogP contribution >= 0.6 is 0 Å². The lowest BCUT2D eigenvalue weighted by Crippen LogP contribution is -2.83. The Kier molecular flexibility index (Phi) is 8.26. The molecular weight excluding hydrogens is 362 g/mol. The predicted molar refractivity (Wildman–Crippen MR) is 117 cm³/mol. The molecule has 0 radical (unpaired) electrons. The van der Waals surface area contributed by atoms with E-state index in [9.17, 15) is 4.79 Å². The zero-order valence-corrected chi connectivity index (χ0v) is 18.0. The highest BCUT2D eigenvalue weighted by Crippen LogP contribution is 2.24. The average Bonchev–Trinajstić information content (AvgIpc) is 2.79. The first-order valence-corrected chi connectivity index (χ1v) is 11.4. The number of nitrogens with one attached hydrogen (secondary N) is 1. The van der Waals surface area contributed by atoms with E-state index in [1.807, 2.05) is 42.2 Å². The van der Waals surface area contributed by atoms with E-state index in [1.165, 1.54) is 25.7 Å². The van der Waals surface area contributed by atoms with Crippen LogP contribution < -0.4 is 4.99 Å². The van der Waals surface area contributed by atoms with Crippen molar-refractivity contribution in [3.05, 3.63) is 35.9 Å². The van der Waals surface area contributed by atoms with E-state index in [1.54, 1.807) is 0 Å². The zero-order chi connectivity index (χ0) is 20.5. The summed E-state index contributed by atoms with van der Waals surface area (Å²) in [6, 6.07) is 10.6. The number of amides is 1. The number of hydrogen-bond acceptors (Lipinski definition) is 3. The highest BCUT2D eigenvalue weighted by atomic mass is 16.6. The Hall–Kier alpha value is -2.17. The first-order chi connectivity index (χ1) is 14.2. The van der Waals surface area contributed by atoms with Gasteiger partial charge in [-0.15, -0.1) is 0 Å². The number of oxime groups is 1. The van der Waals surface area contributed by atoms with Gasteiger partial charge in [0, 0.05) is 0 Å². The van der Waals surface area contributed by atoms with Crippen LogP contribution in [0.25, 0.3) is 0 Å². The summed E-state index contributed by atoms with van der Waals surface area (Å²) in [6.45, 7) is 4.02. The SMILES string of the molecule is CCC(C)=NOC(=[NH+]C1CCCCC1)N(C(=O)c1ccccc1)C1CCCCC1. The van der Waals surface area contributed by atoms with Gasteiger partial charge in [0.15, 0.2) is 0 Å². The molecule has 1 aromatic rings. The van der Waals surface area contributed by atoms with Crippen LogP contribution in [0.4, 0.5) is 0 Å². The molecule has 0 bridgehead atoms. The maximum absolute atomic E-state index is 13.6. The van der Waals surface area contributed by atoms with Gasteiger partial charge in [-0.25, -0.2) is 9.79 Å². The van der Waals surface area contributed by atoms with Crippen LogP contribution in [0.1, 0.15) is 94.8 Å². The molecule has 1 amide bonds. The van der Waals surface area contributed by atoms with Gasteiger partial charge in [0.25, 0.3) is 0 Å². The monoisotopic (exact) mass is 398 g/mol. The van der Waals surface area contributed by atoms with E-state index in [0.29, 0.717) is 17.6 Å². The Morgan fingerprint density at radius 3 is 2.28 bits per heavy atom. The molecule has 2 fully saturated rings. The fraction of sp³-hybridized carbons (Fsp3) is 0.625. The molecule has 0 unspecified atom stereocenters. The van der Waals surface area contributed by atoms with Crippen LogP contribution in [0, 0.1) is 0 Å². The van der Waals surface area contributed by atoms with Crippen LogP contribution in [0.5, 0.6) is 0 Å².